The maximum atomic E-state index is 13.1. The zero-order valence-electron chi connectivity index (χ0n) is 20.8. The van der Waals surface area contributed by atoms with Gasteiger partial charge in [-0.15, -0.1) is 0 Å². The number of ether oxygens (including phenoxy) is 1. The molecule has 2 N–H and O–H groups in total. The van der Waals surface area contributed by atoms with E-state index in [1.54, 1.807) is 39.0 Å². The number of nitrogens with zero attached hydrogens (tertiary/aromatic N) is 2. The van der Waals surface area contributed by atoms with Crippen LogP contribution in [0.5, 0.6) is 0 Å². The van der Waals surface area contributed by atoms with Gasteiger partial charge in [-0.05, 0) is 38.0 Å². The second-order valence-electron chi connectivity index (χ2n) is 9.47. The minimum absolute atomic E-state index is 0.0416. The molecule has 0 atom stereocenters. The Balaban J connectivity index is 1.56. The molecule has 0 fully saturated rings. The number of hydrogen-bond acceptors (Lipinski definition) is 6. The molecule has 10 heteroatoms. The zero-order chi connectivity index (χ0) is 26.6. The van der Waals surface area contributed by atoms with Crippen LogP contribution in [0.15, 0.2) is 83.7 Å². The second kappa shape index (κ2) is 10.5. The maximum absolute atomic E-state index is 13.1. The number of hydrogen-bond donors (Lipinski definition) is 2. The summed E-state index contributed by atoms with van der Waals surface area (Å²) in [5, 5.41) is 5.97. The van der Waals surface area contributed by atoms with E-state index in [0.717, 1.165) is 16.5 Å². The first-order chi connectivity index (χ1) is 17.5. The molecule has 4 rings (SSSR count). The van der Waals surface area contributed by atoms with Crippen molar-refractivity contribution >= 4 is 27.1 Å². The van der Waals surface area contributed by atoms with Crippen molar-refractivity contribution in [3.8, 4) is 11.3 Å². The topological polar surface area (TPSA) is 119 Å². The van der Waals surface area contributed by atoms with Gasteiger partial charge < -0.3 is 4.74 Å². The molecule has 192 valence electrons. The van der Waals surface area contributed by atoms with Crippen molar-refractivity contribution in [1.29, 1.82) is 0 Å². The third-order valence-electron chi connectivity index (χ3n) is 5.35. The standard InChI is InChI=1S/C27H28N4O5S/c1-27(2,3)36-26(33)30-37(34,35)28-17-19-13-15-21(16-14-19)24-22-11-7-8-12-23(22)25(32)31(29-24)18-20-9-5-4-6-10-20/h4-16,28H,17-18H2,1-3H3,(H,30,33). The van der Waals surface area contributed by atoms with Gasteiger partial charge in [0.25, 0.3) is 5.56 Å². The molecule has 3 aromatic carbocycles. The Kier molecular flexibility index (Phi) is 7.42. The molecular formula is C27H28N4O5S. The first-order valence-corrected chi connectivity index (χ1v) is 13.1. The molecular weight excluding hydrogens is 492 g/mol. The van der Waals surface area contributed by atoms with E-state index in [-0.39, 0.29) is 12.1 Å². The molecule has 0 aliphatic heterocycles. The van der Waals surface area contributed by atoms with E-state index in [1.165, 1.54) is 4.68 Å². The summed E-state index contributed by atoms with van der Waals surface area (Å²) in [4.78, 5) is 24.9. The lowest BCUT2D eigenvalue weighted by Crippen LogP contribution is -2.42. The summed E-state index contributed by atoms with van der Waals surface area (Å²) in [6.07, 6.45) is -1.06. The van der Waals surface area contributed by atoms with E-state index in [1.807, 2.05) is 65.4 Å². The molecule has 4 aromatic rings. The Morgan fingerprint density at radius 2 is 1.51 bits per heavy atom. The van der Waals surface area contributed by atoms with Gasteiger partial charge in [-0.25, -0.2) is 14.2 Å². The van der Waals surface area contributed by atoms with Gasteiger partial charge in [0.05, 0.1) is 17.6 Å². The van der Waals surface area contributed by atoms with Crippen LogP contribution in [0.4, 0.5) is 4.79 Å². The molecule has 1 aromatic heterocycles. The molecule has 0 radical (unpaired) electrons. The summed E-state index contributed by atoms with van der Waals surface area (Å²) in [5.41, 5.74) is 2.05. The Labute approximate surface area is 215 Å². The summed E-state index contributed by atoms with van der Waals surface area (Å²) >= 11 is 0. The summed E-state index contributed by atoms with van der Waals surface area (Å²) in [6.45, 7) is 5.21. The lowest BCUT2D eigenvalue weighted by molar-refractivity contribution is 0.0569. The predicted octanol–water partition coefficient (Wildman–Crippen LogP) is 3.97. The van der Waals surface area contributed by atoms with Crippen molar-refractivity contribution in [1.82, 2.24) is 19.2 Å². The average Bonchev–Trinajstić information content (AvgIpc) is 2.84. The monoisotopic (exact) mass is 520 g/mol. The fourth-order valence-electron chi connectivity index (χ4n) is 3.72. The van der Waals surface area contributed by atoms with Crippen molar-refractivity contribution in [2.75, 3.05) is 0 Å². The Morgan fingerprint density at radius 1 is 0.892 bits per heavy atom. The van der Waals surface area contributed by atoms with E-state index in [4.69, 9.17) is 4.74 Å². The van der Waals surface area contributed by atoms with Crippen molar-refractivity contribution in [3.05, 3.63) is 100 Å². The molecule has 0 bridgehead atoms. The summed E-state index contributed by atoms with van der Waals surface area (Å²) < 4.78 is 35.0. The molecule has 1 heterocycles. The minimum atomic E-state index is -4.11. The largest absolute Gasteiger partial charge is 0.443 e. The van der Waals surface area contributed by atoms with Gasteiger partial charge in [0.1, 0.15) is 5.60 Å². The van der Waals surface area contributed by atoms with Crippen molar-refractivity contribution in [2.24, 2.45) is 0 Å². The molecule has 0 spiro atoms. The third kappa shape index (κ3) is 6.81. The highest BCUT2D eigenvalue weighted by Gasteiger charge is 2.21. The fraction of sp³-hybridized carbons (Fsp3) is 0.222. The highest BCUT2D eigenvalue weighted by Crippen LogP contribution is 2.25. The smallest absolute Gasteiger partial charge is 0.422 e. The van der Waals surface area contributed by atoms with Crippen molar-refractivity contribution in [2.45, 2.75) is 39.5 Å². The van der Waals surface area contributed by atoms with Crippen LogP contribution in [-0.2, 0) is 28.0 Å². The van der Waals surface area contributed by atoms with Crippen LogP contribution in [0.3, 0.4) is 0 Å². The number of carbonyl (C=O) groups is 1. The number of benzene rings is 3. The second-order valence-corrected chi connectivity index (χ2v) is 11.0. The van der Waals surface area contributed by atoms with Crippen molar-refractivity contribution in [3.63, 3.8) is 0 Å². The summed E-state index contributed by atoms with van der Waals surface area (Å²) in [7, 11) is -4.11. The van der Waals surface area contributed by atoms with E-state index in [2.05, 4.69) is 9.82 Å². The maximum Gasteiger partial charge on any atom is 0.422 e. The van der Waals surface area contributed by atoms with Crippen LogP contribution >= 0.6 is 0 Å². The van der Waals surface area contributed by atoms with Gasteiger partial charge in [0.15, 0.2) is 0 Å². The van der Waals surface area contributed by atoms with E-state index >= 15 is 0 Å². The lowest BCUT2D eigenvalue weighted by atomic mass is 10.0. The quantitative estimate of drug-likeness (QED) is 0.381. The number of nitrogens with one attached hydrogen (secondary N) is 2. The van der Waals surface area contributed by atoms with Crippen LogP contribution < -0.4 is 15.0 Å². The number of fused-ring (bicyclic) bond motifs is 1. The van der Waals surface area contributed by atoms with Gasteiger partial charge in [-0.1, -0.05) is 72.8 Å². The van der Waals surface area contributed by atoms with E-state index in [9.17, 15) is 18.0 Å². The van der Waals surface area contributed by atoms with Crippen LogP contribution in [0.1, 0.15) is 31.9 Å². The highest BCUT2D eigenvalue weighted by atomic mass is 32.2. The van der Waals surface area contributed by atoms with Crippen molar-refractivity contribution < 1.29 is 17.9 Å². The number of amides is 1. The number of aromatic nitrogens is 2. The molecule has 0 saturated heterocycles. The predicted molar refractivity (Wildman–Crippen MR) is 142 cm³/mol. The van der Waals surface area contributed by atoms with Crippen LogP contribution in [0.2, 0.25) is 0 Å². The molecule has 0 saturated carbocycles. The molecule has 0 aliphatic carbocycles. The van der Waals surface area contributed by atoms with Crippen LogP contribution in [-0.4, -0.2) is 29.9 Å². The van der Waals surface area contributed by atoms with Gasteiger partial charge in [0.2, 0.25) is 0 Å². The first kappa shape index (κ1) is 26.1. The van der Waals surface area contributed by atoms with Gasteiger partial charge >= 0.3 is 16.3 Å². The Morgan fingerprint density at radius 3 is 2.16 bits per heavy atom. The van der Waals surface area contributed by atoms with E-state index in [0.29, 0.717) is 23.2 Å². The third-order valence-corrected chi connectivity index (χ3v) is 6.31. The molecule has 0 unspecified atom stereocenters. The molecule has 37 heavy (non-hydrogen) atoms. The molecule has 9 nitrogen and oxygen atoms in total. The van der Waals surface area contributed by atoms with Gasteiger partial charge in [-0.3, -0.25) is 4.79 Å². The van der Waals surface area contributed by atoms with E-state index < -0.39 is 21.9 Å². The fourth-order valence-corrected chi connectivity index (χ4v) is 4.41. The van der Waals surface area contributed by atoms with Gasteiger partial charge in [-0.2, -0.15) is 18.2 Å². The lowest BCUT2D eigenvalue weighted by Gasteiger charge is -2.19. The SMILES string of the molecule is CC(C)(C)OC(=O)NS(=O)(=O)NCc1ccc(-c2nn(Cc3ccccc3)c(=O)c3ccccc23)cc1. The van der Waals surface area contributed by atoms with Crippen LogP contribution in [0, 0.1) is 0 Å². The number of rotatable bonds is 7. The highest BCUT2D eigenvalue weighted by molar-refractivity contribution is 7.88. The normalized spacial score (nSPS) is 11.9. The molecule has 0 aliphatic rings. The average molecular weight is 521 g/mol. The minimum Gasteiger partial charge on any atom is -0.443 e. The van der Waals surface area contributed by atoms with Crippen LogP contribution in [0.25, 0.3) is 22.0 Å². The summed E-state index contributed by atoms with van der Waals surface area (Å²) in [6, 6.07) is 24.1. The first-order valence-electron chi connectivity index (χ1n) is 11.6. The zero-order valence-corrected chi connectivity index (χ0v) is 21.6. The Hall–Kier alpha value is -4.02. The van der Waals surface area contributed by atoms with Gasteiger partial charge in [0, 0.05) is 17.5 Å². The Bertz CT molecular complexity index is 1580. The molecule has 1 amide bonds. The summed E-state index contributed by atoms with van der Waals surface area (Å²) in [5.74, 6) is 0. The number of carbonyl (C=O) groups excluding carboxylic acids is 1.